The Hall–Kier alpha value is -0.900. The predicted molar refractivity (Wildman–Crippen MR) is 124 cm³/mol. The van der Waals surface area contributed by atoms with Crippen LogP contribution in [-0.2, 0) is 0 Å². The fraction of sp³-hybridized carbons (Fsp3) is 0.778. The van der Waals surface area contributed by atoms with Gasteiger partial charge in [-0.1, -0.05) is 51.0 Å². The first kappa shape index (κ1) is 23.8. The molecule has 0 aliphatic heterocycles. The summed E-state index contributed by atoms with van der Waals surface area (Å²) in [5.74, 6) is 2.11. The zero-order chi connectivity index (χ0) is 22.1. The van der Waals surface area contributed by atoms with Gasteiger partial charge in [-0.3, -0.25) is 0 Å². The van der Waals surface area contributed by atoms with E-state index in [4.69, 9.17) is 0 Å². The normalized spacial score (nSPS) is 38.8. The lowest BCUT2D eigenvalue weighted by atomic mass is 9.60. The minimum atomic E-state index is -0.615. The quantitative estimate of drug-likeness (QED) is 0.520. The first-order valence-corrected chi connectivity index (χ1v) is 12.2. The molecule has 0 bridgehead atoms. The maximum atomic E-state index is 10.1. The molecule has 3 rings (SSSR count). The van der Waals surface area contributed by atoms with Crippen LogP contribution in [0.4, 0.5) is 0 Å². The van der Waals surface area contributed by atoms with Crippen molar-refractivity contribution in [2.24, 2.45) is 23.2 Å². The standard InChI is InChI=1S/C27H44O3/c1-18(8-6-14-26(3,4)30)23-12-13-24-20(9-7-15-27(23,24)5)10-11-21-16-22(28)17-25(29)19(21)2/h10-11,18,22-25,28-30H,2,6-9,12-17H2,1,3-5H3/b20-10-,21-11+/t18-,22-,23-,24+,25-,27-/m1/s1. The summed E-state index contributed by atoms with van der Waals surface area (Å²) in [5.41, 5.74) is 3.17. The minimum Gasteiger partial charge on any atom is -0.393 e. The monoisotopic (exact) mass is 416 g/mol. The van der Waals surface area contributed by atoms with E-state index >= 15 is 0 Å². The largest absolute Gasteiger partial charge is 0.393 e. The van der Waals surface area contributed by atoms with Crippen LogP contribution in [0.1, 0.15) is 91.9 Å². The highest BCUT2D eigenvalue weighted by Crippen LogP contribution is 2.60. The van der Waals surface area contributed by atoms with Crippen LogP contribution in [0.3, 0.4) is 0 Å². The van der Waals surface area contributed by atoms with Crippen molar-refractivity contribution < 1.29 is 15.3 Å². The van der Waals surface area contributed by atoms with Gasteiger partial charge in [-0.05, 0) is 93.1 Å². The second kappa shape index (κ2) is 9.30. The maximum Gasteiger partial charge on any atom is 0.0811 e. The van der Waals surface area contributed by atoms with Gasteiger partial charge in [-0.25, -0.2) is 0 Å². The van der Waals surface area contributed by atoms with Crippen LogP contribution in [0.25, 0.3) is 0 Å². The third-order valence-electron chi connectivity index (χ3n) is 8.44. The van der Waals surface area contributed by atoms with E-state index in [2.05, 4.69) is 32.6 Å². The van der Waals surface area contributed by atoms with E-state index in [0.29, 0.717) is 30.1 Å². The smallest absolute Gasteiger partial charge is 0.0811 e. The van der Waals surface area contributed by atoms with Crippen LogP contribution in [0, 0.1) is 23.2 Å². The minimum absolute atomic E-state index is 0.374. The number of hydrogen-bond acceptors (Lipinski definition) is 3. The van der Waals surface area contributed by atoms with Crippen molar-refractivity contribution in [3.8, 4) is 0 Å². The molecule has 0 saturated heterocycles. The molecular weight excluding hydrogens is 372 g/mol. The van der Waals surface area contributed by atoms with Crippen LogP contribution in [0.2, 0.25) is 0 Å². The molecular formula is C27H44O3. The lowest BCUT2D eigenvalue weighted by Gasteiger charge is -2.44. The average molecular weight is 417 g/mol. The topological polar surface area (TPSA) is 60.7 Å². The van der Waals surface area contributed by atoms with Gasteiger partial charge < -0.3 is 15.3 Å². The zero-order valence-electron chi connectivity index (χ0n) is 19.7. The van der Waals surface area contributed by atoms with Crippen LogP contribution in [0.5, 0.6) is 0 Å². The molecule has 0 unspecified atom stereocenters. The highest BCUT2D eigenvalue weighted by Gasteiger charge is 2.50. The van der Waals surface area contributed by atoms with Crippen molar-refractivity contribution in [1.82, 2.24) is 0 Å². The molecule has 0 aromatic rings. The molecule has 3 heteroatoms. The Bertz CT molecular complexity index is 683. The SMILES string of the molecule is C=C1/C(=C/C=C2/CCC[C@]3(C)[C@@H]([C@H](C)CCCC(C)(C)O)CC[C@@H]23)C[C@@H](O)C[C@H]1O. The molecule has 3 saturated carbocycles. The lowest BCUT2D eigenvalue weighted by Crippen LogP contribution is -2.36. The maximum absolute atomic E-state index is 10.1. The first-order valence-electron chi connectivity index (χ1n) is 12.2. The van der Waals surface area contributed by atoms with Gasteiger partial charge in [-0.15, -0.1) is 0 Å². The molecule has 30 heavy (non-hydrogen) atoms. The summed E-state index contributed by atoms with van der Waals surface area (Å²) in [5, 5.41) is 30.2. The number of fused-ring (bicyclic) bond motifs is 1. The third-order valence-corrected chi connectivity index (χ3v) is 8.44. The Balaban J connectivity index is 1.70. The molecule has 0 aromatic heterocycles. The van der Waals surface area contributed by atoms with E-state index < -0.39 is 17.8 Å². The Morgan fingerprint density at radius 2 is 1.97 bits per heavy atom. The summed E-state index contributed by atoms with van der Waals surface area (Å²) in [6.07, 6.45) is 13.9. The summed E-state index contributed by atoms with van der Waals surface area (Å²) in [6.45, 7) is 12.8. The number of aliphatic hydroxyl groups is 3. The Labute approximate surface area is 184 Å². The Kier molecular flexibility index (Phi) is 7.37. The summed E-state index contributed by atoms with van der Waals surface area (Å²) >= 11 is 0. The van der Waals surface area contributed by atoms with E-state index in [1.165, 1.54) is 38.5 Å². The van der Waals surface area contributed by atoms with Gasteiger partial charge in [-0.2, -0.15) is 0 Å². The third kappa shape index (κ3) is 5.29. The van der Waals surface area contributed by atoms with Gasteiger partial charge in [0.25, 0.3) is 0 Å². The first-order chi connectivity index (χ1) is 14.0. The molecule has 6 atom stereocenters. The van der Waals surface area contributed by atoms with Gasteiger partial charge in [0.1, 0.15) is 0 Å². The molecule has 0 heterocycles. The number of rotatable bonds is 6. The molecule has 3 fully saturated rings. The van der Waals surface area contributed by atoms with Gasteiger partial charge in [0.05, 0.1) is 17.8 Å². The van der Waals surface area contributed by atoms with E-state index in [1.54, 1.807) is 5.57 Å². The van der Waals surface area contributed by atoms with E-state index in [-0.39, 0.29) is 0 Å². The van der Waals surface area contributed by atoms with Gasteiger partial charge >= 0.3 is 0 Å². The van der Waals surface area contributed by atoms with E-state index in [1.807, 2.05) is 13.8 Å². The summed E-state index contributed by atoms with van der Waals surface area (Å²) in [7, 11) is 0. The molecule has 0 spiro atoms. The van der Waals surface area contributed by atoms with Crippen molar-refractivity contribution in [2.45, 2.75) is 110 Å². The molecule has 3 N–H and O–H groups in total. The second-order valence-electron chi connectivity index (χ2n) is 11.3. The van der Waals surface area contributed by atoms with Gasteiger partial charge in [0.2, 0.25) is 0 Å². The molecule has 0 radical (unpaired) electrons. The fourth-order valence-electron chi connectivity index (χ4n) is 6.74. The van der Waals surface area contributed by atoms with Crippen LogP contribution in [-0.4, -0.2) is 33.1 Å². The Morgan fingerprint density at radius 1 is 1.23 bits per heavy atom. The van der Waals surface area contributed by atoms with Crippen LogP contribution < -0.4 is 0 Å². The molecule has 3 aliphatic carbocycles. The lowest BCUT2D eigenvalue weighted by molar-refractivity contribution is 0.0596. The van der Waals surface area contributed by atoms with Gasteiger partial charge in [0.15, 0.2) is 0 Å². The van der Waals surface area contributed by atoms with Gasteiger partial charge in [0, 0.05) is 6.42 Å². The number of aliphatic hydroxyl groups excluding tert-OH is 2. The second-order valence-corrected chi connectivity index (χ2v) is 11.3. The average Bonchev–Trinajstić information content (AvgIpc) is 3.00. The van der Waals surface area contributed by atoms with Crippen molar-refractivity contribution >= 4 is 0 Å². The molecule has 170 valence electrons. The molecule has 0 aromatic carbocycles. The van der Waals surface area contributed by atoms with Crippen molar-refractivity contribution in [1.29, 1.82) is 0 Å². The Morgan fingerprint density at radius 3 is 2.67 bits per heavy atom. The number of hydrogen-bond donors (Lipinski definition) is 3. The van der Waals surface area contributed by atoms with E-state index in [0.717, 1.165) is 29.9 Å². The van der Waals surface area contributed by atoms with Crippen LogP contribution in [0.15, 0.2) is 35.5 Å². The fourth-order valence-corrected chi connectivity index (χ4v) is 6.74. The molecule has 3 nitrogen and oxygen atoms in total. The van der Waals surface area contributed by atoms with Crippen molar-refractivity contribution in [2.75, 3.05) is 0 Å². The number of allylic oxidation sites excluding steroid dienone is 3. The van der Waals surface area contributed by atoms with Crippen LogP contribution >= 0.6 is 0 Å². The highest BCUT2D eigenvalue weighted by atomic mass is 16.3. The molecule has 0 amide bonds. The molecule has 3 aliphatic rings. The summed E-state index contributed by atoms with van der Waals surface area (Å²) in [4.78, 5) is 0. The zero-order valence-corrected chi connectivity index (χ0v) is 19.7. The van der Waals surface area contributed by atoms with Crippen molar-refractivity contribution in [3.05, 3.63) is 35.5 Å². The predicted octanol–water partition coefficient (Wildman–Crippen LogP) is 5.70. The van der Waals surface area contributed by atoms with Crippen molar-refractivity contribution in [3.63, 3.8) is 0 Å². The summed E-state index contributed by atoms with van der Waals surface area (Å²) in [6, 6.07) is 0. The van der Waals surface area contributed by atoms with E-state index in [9.17, 15) is 15.3 Å². The summed E-state index contributed by atoms with van der Waals surface area (Å²) < 4.78 is 0. The highest BCUT2D eigenvalue weighted by molar-refractivity contribution is 5.38.